The lowest BCUT2D eigenvalue weighted by atomic mass is 10.1. The van der Waals surface area contributed by atoms with Crippen molar-refractivity contribution >= 4 is 24.0 Å². The highest BCUT2D eigenvalue weighted by atomic mass is 35.5. The fourth-order valence-corrected chi connectivity index (χ4v) is 3.24. The normalized spacial score (nSPS) is 24.2. The van der Waals surface area contributed by atoms with Crippen LogP contribution in [0.25, 0.3) is 0 Å². The van der Waals surface area contributed by atoms with Gasteiger partial charge in [0.15, 0.2) is 0 Å². The zero-order valence-electron chi connectivity index (χ0n) is 12.9. The molecule has 3 rings (SSSR count). The third-order valence-electron chi connectivity index (χ3n) is 4.35. The molecule has 0 aromatic heterocycles. The Balaban J connectivity index is 0.00000176. The van der Waals surface area contributed by atoms with Gasteiger partial charge in [0.05, 0.1) is 13.7 Å². The number of hydrogen-bond acceptors (Lipinski definition) is 4. The lowest BCUT2D eigenvalue weighted by Gasteiger charge is -2.23. The molecule has 2 unspecified atom stereocenters. The number of nitrogens with zero attached hydrogens (tertiary/aromatic N) is 1. The van der Waals surface area contributed by atoms with E-state index in [4.69, 9.17) is 4.74 Å². The van der Waals surface area contributed by atoms with E-state index in [0.29, 0.717) is 18.6 Å². The minimum atomic E-state index is 0. The molecule has 2 aliphatic heterocycles. The highest BCUT2D eigenvalue weighted by Crippen LogP contribution is 2.20. The Bertz CT molecular complexity index is 495. The van der Waals surface area contributed by atoms with Crippen LogP contribution >= 0.6 is 12.4 Å². The standard InChI is InChI=1S/C16H23N3O2.ClH/c1-21-15-6-4-12(5-7-15)18-16(20)11-19-9-8-13-2-3-14(10-19)17-13;/h4-7,13-14,17H,2-3,8-11H2,1H3,(H,18,20);1H. The van der Waals surface area contributed by atoms with Crippen LogP contribution in [0.4, 0.5) is 5.69 Å². The molecule has 0 spiro atoms. The Morgan fingerprint density at radius 3 is 2.73 bits per heavy atom. The van der Waals surface area contributed by atoms with Crippen LogP contribution in [0.5, 0.6) is 5.75 Å². The summed E-state index contributed by atoms with van der Waals surface area (Å²) >= 11 is 0. The molecule has 1 amide bonds. The summed E-state index contributed by atoms with van der Waals surface area (Å²) in [5, 5.41) is 6.58. The lowest BCUT2D eigenvalue weighted by Crippen LogP contribution is -2.39. The highest BCUT2D eigenvalue weighted by Gasteiger charge is 2.29. The Hall–Kier alpha value is -1.30. The first-order valence-electron chi connectivity index (χ1n) is 7.65. The summed E-state index contributed by atoms with van der Waals surface area (Å²) in [5.74, 6) is 0.848. The third kappa shape index (κ3) is 4.35. The van der Waals surface area contributed by atoms with Crippen molar-refractivity contribution in [3.63, 3.8) is 0 Å². The SMILES string of the molecule is COc1ccc(NC(=O)CN2CCC3CCC(C2)N3)cc1.Cl. The summed E-state index contributed by atoms with van der Waals surface area (Å²) in [6, 6.07) is 8.65. The molecule has 1 aromatic carbocycles. The van der Waals surface area contributed by atoms with Crippen LogP contribution in [0.1, 0.15) is 19.3 Å². The summed E-state index contributed by atoms with van der Waals surface area (Å²) in [7, 11) is 1.63. The molecule has 2 heterocycles. The molecule has 6 heteroatoms. The number of anilines is 1. The average Bonchev–Trinajstić information content (AvgIpc) is 2.82. The minimum absolute atomic E-state index is 0. The summed E-state index contributed by atoms with van der Waals surface area (Å²) in [4.78, 5) is 14.4. The Kier molecular flexibility index (Phi) is 6.06. The van der Waals surface area contributed by atoms with Gasteiger partial charge in [0.25, 0.3) is 0 Å². The topological polar surface area (TPSA) is 53.6 Å². The van der Waals surface area contributed by atoms with Gasteiger partial charge in [0.2, 0.25) is 5.91 Å². The maximum absolute atomic E-state index is 12.1. The number of methoxy groups -OCH3 is 1. The van der Waals surface area contributed by atoms with E-state index in [0.717, 1.165) is 30.9 Å². The number of halogens is 1. The van der Waals surface area contributed by atoms with Gasteiger partial charge in [-0.1, -0.05) is 0 Å². The molecule has 1 aromatic rings. The van der Waals surface area contributed by atoms with E-state index < -0.39 is 0 Å². The number of amides is 1. The molecule has 0 aliphatic carbocycles. The maximum Gasteiger partial charge on any atom is 0.238 e. The number of carbonyl (C=O) groups excluding carboxylic acids is 1. The fourth-order valence-electron chi connectivity index (χ4n) is 3.24. The molecule has 2 aliphatic rings. The van der Waals surface area contributed by atoms with Gasteiger partial charge in [-0.3, -0.25) is 9.69 Å². The van der Waals surface area contributed by atoms with Crippen molar-refractivity contribution in [3.8, 4) is 5.75 Å². The maximum atomic E-state index is 12.1. The first-order chi connectivity index (χ1) is 10.2. The second-order valence-corrected chi connectivity index (χ2v) is 5.94. The summed E-state index contributed by atoms with van der Waals surface area (Å²) in [6.07, 6.45) is 3.67. The summed E-state index contributed by atoms with van der Waals surface area (Å²) < 4.78 is 5.11. The monoisotopic (exact) mass is 325 g/mol. The van der Waals surface area contributed by atoms with Gasteiger partial charge in [-0.15, -0.1) is 12.4 Å². The van der Waals surface area contributed by atoms with Crippen molar-refractivity contribution in [2.75, 3.05) is 32.1 Å². The van der Waals surface area contributed by atoms with E-state index in [1.807, 2.05) is 24.3 Å². The first-order valence-corrected chi connectivity index (χ1v) is 7.65. The molecular formula is C16H24ClN3O2. The molecule has 0 radical (unpaired) electrons. The van der Waals surface area contributed by atoms with Crippen molar-refractivity contribution in [1.29, 1.82) is 0 Å². The minimum Gasteiger partial charge on any atom is -0.497 e. The van der Waals surface area contributed by atoms with E-state index in [9.17, 15) is 4.79 Å². The van der Waals surface area contributed by atoms with Gasteiger partial charge in [-0.25, -0.2) is 0 Å². The Labute approximate surface area is 137 Å². The van der Waals surface area contributed by atoms with Gasteiger partial charge < -0.3 is 15.4 Å². The number of ether oxygens (including phenoxy) is 1. The number of likely N-dealkylation sites (tertiary alicyclic amines) is 1. The number of hydrogen-bond donors (Lipinski definition) is 2. The molecule has 2 N–H and O–H groups in total. The van der Waals surface area contributed by atoms with Crippen molar-refractivity contribution in [1.82, 2.24) is 10.2 Å². The zero-order chi connectivity index (χ0) is 14.7. The van der Waals surface area contributed by atoms with E-state index in [-0.39, 0.29) is 18.3 Å². The van der Waals surface area contributed by atoms with Gasteiger partial charge in [-0.05, 0) is 43.5 Å². The van der Waals surface area contributed by atoms with Crippen LogP contribution in [0.3, 0.4) is 0 Å². The van der Waals surface area contributed by atoms with E-state index >= 15 is 0 Å². The molecule has 2 fully saturated rings. The molecule has 2 atom stereocenters. The molecule has 122 valence electrons. The van der Waals surface area contributed by atoms with Crippen molar-refractivity contribution < 1.29 is 9.53 Å². The van der Waals surface area contributed by atoms with Crippen LogP contribution in [-0.4, -0.2) is 49.6 Å². The molecule has 2 saturated heterocycles. The van der Waals surface area contributed by atoms with Gasteiger partial charge in [0.1, 0.15) is 5.75 Å². The molecule has 0 saturated carbocycles. The predicted molar refractivity (Wildman–Crippen MR) is 89.9 cm³/mol. The zero-order valence-corrected chi connectivity index (χ0v) is 13.7. The van der Waals surface area contributed by atoms with Crippen molar-refractivity contribution in [2.45, 2.75) is 31.3 Å². The number of nitrogens with one attached hydrogen (secondary N) is 2. The summed E-state index contributed by atoms with van der Waals surface area (Å²) in [6.45, 7) is 2.45. The average molecular weight is 326 g/mol. The summed E-state index contributed by atoms with van der Waals surface area (Å²) in [5.41, 5.74) is 0.815. The van der Waals surface area contributed by atoms with Crippen molar-refractivity contribution in [3.05, 3.63) is 24.3 Å². The second kappa shape index (κ2) is 7.81. The van der Waals surface area contributed by atoms with Gasteiger partial charge >= 0.3 is 0 Å². The fraction of sp³-hybridized carbons (Fsp3) is 0.562. The van der Waals surface area contributed by atoms with E-state index in [2.05, 4.69) is 15.5 Å². The highest BCUT2D eigenvalue weighted by molar-refractivity contribution is 5.92. The number of carbonyl (C=O) groups is 1. The van der Waals surface area contributed by atoms with E-state index in [1.165, 1.54) is 12.8 Å². The van der Waals surface area contributed by atoms with Crippen LogP contribution in [0, 0.1) is 0 Å². The molecule has 22 heavy (non-hydrogen) atoms. The number of benzene rings is 1. The van der Waals surface area contributed by atoms with Crippen LogP contribution in [-0.2, 0) is 4.79 Å². The van der Waals surface area contributed by atoms with Crippen LogP contribution < -0.4 is 15.4 Å². The smallest absolute Gasteiger partial charge is 0.238 e. The predicted octanol–water partition coefficient (Wildman–Crippen LogP) is 1.88. The van der Waals surface area contributed by atoms with Gasteiger partial charge in [-0.2, -0.15) is 0 Å². The van der Waals surface area contributed by atoms with Crippen molar-refractivity contribution in [2.24, 2.45) is 0 Å². The molecular weight excluding hydrogens is 302 g/mol. The van der Waals surface area contributed by atoms with Gasteiger partial charge in [0, 0.05) is 30.9 Å². The largest absolute Gasteiger partial charge is 0.497 e. The Morgan fingerprint density at radius 1 is 1.27 bits per heavy atom. The number of fused-ring (bicyclic) bond motifs is 2. The van der Waals surface area contributed by atoms with E-state index in [1.54, 1.807) is 7.11 Å². The lowest BCUT2D eigenvalue weighted by molar-refractivity contribution is -0.117. The number of rotatable bonds is 4. The quantitative estimate of drug-likeness (QED) is 0.887. The van der Waals surface area contributed by atoms with Crippen LogP contribution in [0.15, 0.2) is 24.3 Å². The molecule has 5 nitrogen and oxygen atoms in total. The first kappa shape index (κ1) is 17.1. The molecule has 2 bridgehead atoms. The third-order valence-corrected chi connectivity index (χ3v) is 4.35. The Morgan fingerprint density at radius 2 is 2.00 bits per heavy atom. The van der Waals surface area contributed by atoms with Crippen LogP contribution in [0.2, 0.25) is 0 Å². The second-order valence-electron chi connectivity index (χ2n) is 5.94.